The molecule has 4 unspecified atom stereocenters. The first-order chi connectivity index (χ1) is 16.2. The standard InChI is InChI=1S/C25H24O9/c1-16(26)32-21-14-13-20(34-24(29)19-11-7-4-8-12-19)22(33-17(2)27)25(21,30)15-31-23(28)18-9-5-3-6-10-18/h3-14,20-22,30H,15H2,1-2H3. The molecule has 1 aliphatic rings. The lowest BCUT2D eigenvalue weighted by atomic mass is 9.82. The zero-order valence-corrected chi connectivity index (χ0v) is 18.6. The van der Waals surface area contributed by atoms with Crippen LogP contribution in [0.25, 0.3) is 0 Å². The number of hydrogen-bond acceptors (Lipinski definition) is 9. The van der Waals surface area contributed by atoms with Gasteiger partial charge >= 0.3 is 23.9 Å². The maximum absolute atomic E-state index is 12.6. The van der Waals surface area contributed by atoms with E-state index in [0.29, 0.717) is 0 Å². The molecule has 0 fully saturated rings. The summed E-state index contributed by atoms with van der Waals surface area (Å²) in [5.41, 5.74) is -1.80. The normalized spacial score (nSPS) is 23.4. The van der Waals surface area contributed by atoms with Crippen LogP contribution >= 0.6 is 0 Å². The summed E-state index contributed by atoms with van der Waals surface area (Å²) >= 11 is 0. The number of carbonyl (C=O) groups is 4. The minimum Gasteiger partial charge on any atom is -0.459 e. The fourth-order valence-corrected chi connectivity index (χ4v) is 3.46. The van der Waals surface area contributed by atoms with Crippen molar-refractivity contribution >= 4 is 23.9 Å². The van der Waals surface area contributed by atoms with Crippen LogP contribution < -0.4 is 0 Å². The molecule has 4 atom stereocenters. The number of benzene rings is 2. The average Bonchev–Trinajstić information content (AvgIpc) is 2.82. The highest BCUT2D eigenvalue weighted by molar-refractivity contribution is 5.90. The summed E-state index contributed by atoms with van der Waals surface area (Å²) < 4.78 is 21.3. The van der Waals surface area contributed by atoms with Gasteiger partial charge in [-0.15, -0.1) is 0 Å². The molecule has 9 heteroatoms. The maximum Gasteiger partial charge on any atom is 0.338 e. The van der Waals surface area contributed by atoms with Gasteiger partial charge in [-0.25, -0.2) is 9.59 Å². The molecule has 0 saturated carbocycles. The predicted octanol–water partition coefficient (Wildman–Crippen LogP) is 2.23. The predicted molar refractivity (Wildman–Crippen MR) is 118 cm³/mol. The first-order valence-corrected chi connectivity index (χ1v) is 10.4. The van der Waals surface area contributed by atoms with E-state index >= 15 is 0 Å². The molecule has 0 bridgehead atoms. The zero-order chi connectivity index (χ0) is 24.7. The van der Waals surface area contributed by atoms with Crippen molar-refractivity contribution in [3.8, 4) is 0 Å². The molecule has 0 amide bonds. The van der Waals surface area contributed by atoms with E-state index in [1.54, 1.807) is 36.4 Å². The van der Waals surface area contributed by atoms with Gasteiger partial charge in [0.15, 0.2) is 23.9 Å². The van der Waals surface area contributed by atoms with Crippen LogP contribution in [0.15, 0.2) is 72.8 Å². The lowest BCUT2D eigenvalue weighted by molar-refractivity contribution is -0.212. The van der Waals surface area contributed by atoms with Crippen LogP contribution in [-0.4, -0.2) is 59.5 Å². The molecule has 3 rings (SSSR count). The number of carbonyl (C=O) groups excluding carboxylic acids is 4. The van der Waals surface area contributed by atoms with Crippen molar-refractivity contribution in [1.29, 1.82) is 0 Å². The maximum atomic E-state index is 12.6. The molecule has 0 heterocycles. The van der Waals surface area contributed by atoms with E-state index in [1.807, 2.05) is 0 Å². The van der Waals surface area contributed by atoms with E-state index in [1.165, 1.54) is 36.4 Å². The molecule has 0 aromatic heterocycles. The van der Waals surface area contributed by atoms with Crippen molar-refractivity contribution in [2.75, 3.05) is 6.61 Å². The van der Waals surface area contributed by atoms with Crippen molar-refractivity contribution in [3.63, 3.8) is 0 Å². The molecule has 34 heavy (non-hydrogen) atoms. The van der Waals surface area contributed by atoms with Crippen molar-refractivity contribution in [2.45, 2.75) is 37.8 Å². The fourth-order valence-electron chi connectivity index (χ4n) is 3.46. The summed E-state index contributed by atoms with van der Waals surface area (Å²) in [6.45, 7) is 1.51. The minimum absolute atomic E-state index is 0.220. The van der Waals surface area contributed by atoms with Gasteiger partial charge in [-0.3, -0.25) is 9.59 Å². The summed E-state index contributed by atoms with van der Waals surface area (Å²) in [6.07, 6.45) is -1.53. The largest absolute Gasteiger partial charge is 0.459 e. The Bertz CT molecular complexity index is 1060. The first kappa shape index (κ1) is 24.7. The monoisotopic (exact) mass is 468 g/mol. The second-order valence-electron chi connectivity index (χ2n) is 7.61. The van der Waals surface area contributed by atoms with Gasteiger partial charge in [0.1, 0.15) is 6.61 Å². The van der Waals surface area contributed by atoms with Crippen LogP contribution in [0.5, 0.6) is 0 Å². The molecule has 1 aliphatic carbocycles. The van der Waals surface area contributed by atoms with Crippen LogP contribution in [0.2, 0.25) is 0 Å². The van der Waals surface area contributed by atoms with E-state index in [0.717, 1.165) is 13.8 Å². The third-order valence-corrected chi connectivity index (χ3v) is 5.04. The number of hydrogen-bond donors (Lipinski definition) is 1. The first-order valence-electron chi connectivity index (χ1n) is 10.4. The van der Waals surface area contributed by atoms with Gasteiger partial charge in [0, 0.05) is 13.8 Å². The van der Waals surface area contributed by atoms with Crippen LogP contribution in [-0.2, 0) is 28.5 Å². The highest BCUT2D eigenvalue weighted by Crippen LogP contribution is 2.32. The van der Waals surface area contributed by atoms with Gasteiger partial charge in [-0.2, -0.15) is 0 Å². The SMILES string of the molecule is CC(=O)OC1C=CC(OC(=O)c2ccccc2)C(OC(C)=O)C1(O)COC(=O)c1ccccc1. The molecular weight excluding hydrogens is 444 g/mol. The van der Waals surface area contributed by atoms with Crippen molar-refractivity contribution < 1.29 is 43.2 Å². The lowest BCUT2D eigenvalue weighted by Gasteiger charge is -2.43. The highest BCUT2D eigenvalue weighted by Gasteiger charge is 2.55. The highest BCUT2D eigenvalue weighted by atomic mass is 16.6. The third kappa shape index (κ3) is 5.87. The molecular formula is C25H24O9. The van der Waals surface area contributed by atoms with Crippen molar-refractivity contribution in [3.05, 3.63) is 83.9 Å². The summed E-state index contributed by atoms with van der Waals surface area (Å²) in [5, 5.41) is 11.6. The second kappa shape index (κ2) is 10.8. The molecule has 2 aromatic rings. The summed E-state index contributed by atoms with van der Waals surface area (Å²) in [7, 11) is 0. The Morgan fingerprint density at radius 2 is 1.29 bits per heavy atom. The summed E-state index contributed by atoms with van der Waals surface area (Å²) in [6, 6.07) is 16.1. The van der Waals surface area contributed by atoms with E-state index in [-0.39, 0.29) is 11.1 Å². The average molecular weight is 468 g/mol. The zero-order valence-electron chi connectivity index (χ0n) is 18.6. The minimum atomic E-state index is -2.25. The summed E-state index contributed by atoms with van der Waals surface area (Å²) in [4.78, 5) is 48.6. The topological polar surface area (TPSA) is 125 Å². The molecule has 0 radical (unpaired) electrons. The summed E-state index contributed by atoms with van der Waals surface area (Å²) in [5.74, 6) is -3.02. The van der Waals surface area contributed by atoms with Crippen LogP contribution in [0.1, 0.15) is 34.6 Å². The molecule has 0 aliphatic heterocycles. The number of aliphatic hydroxyl groups is 1. The van der Waals surface area contributed by atoms with Crippen LogP contribution in [0.3, 0.4) is 0 Å². The Labute approximate surface area is 195 Å². The van der Waals surface area contributed by atoms with E-state index in [9.17, 15) is 24.3 Å². The lowest BCUT2D eigenvalue weighted by Crippen LogP contribution is -2.64. The Balaban J connectivity index is 1.91. The smallest absolute Gasteiger partial charge is 0.338 e. The Morgan fingerprint density at radius 1 is 0.765 bits per heavy atom. The van der Waals surface area contributed by atoms with Gasteiger partial charge in [-0.05, 0) is 36.4 Å². The molecule has 2 aromatic carbocycles. The van der Waals surface area contributed by atoms with Crippen molar-refractivity contribution in [1.82, 2.24) is 0 Å². The number of ether oxygens (including phenoxy) is 4. The number of esters is 4. The van der Waals surface area contributed by atoms with Gasteiger partial charge < -0.3 is 24.1 Å². The van der Waals surface area contributed by atoms with Crippen molar-refractivity contribution in [2.24, 2.45) is 0 Å². The van der Waals surface area contributed by atoms with Gasteiger partial charge in [-0.1, -0.05) is 36.4 Å². The Morgan fingerprint density at radius 3 is 1.82 bits per heavy atom. The van der Waals surface area contributed by atoms with Gasteiger partial charge in [0.25, 0.3) is 0 Å². The van der Waals surface area contributed by atoms with Gasteiger partial charge in [0.2, 0.25) is 0 Å². The fraction of sp³-hybridized carbons (Fsp3) is 0.280. The van der Waals surface area contributed by atoms with E-state index in [2.05, 4.69) is 0 Å². The quantitative estimate of drug-likeness (QED) is 0.370. The number of rotatable bonds is 7. The van der Waals surface area contributed by atoms with Gasteiger partial charge in [0.05, 0.1) is 11.1 Å². The molecule has 0 spiro atoms. The second-order valence-corrected chi connectivity index (χ2v) is 7.61. The Hall–Kier alpha value is -3.98. The third-order valence-electron chi connectivity index (χ3n) is 5.04. The van der Waals surface area contributed by atoms with Crippen LogP contribution in [0, 0.1) is 0 Å². The molecule has 178 valence electrons. The molecule has 0 saturated heterocycles. The molecule has 1 N–H and O–H groups in total. The molecule has 9 nitrogen and oxygen atoms in total. The van der Waals surface area contributed by atoms with E-state index < -0.39 is 54.4 Å². The van der Waals surface area contributed by atoms with Crippen LogP contribution in [0.4, 0.5) is 0 Å². The van der Waals surface area contributed by atoms with E-state index in [4.69, 9.17) is 18.9 Å². The Kier molecular flexibility index (Phi) is 7.80.